The molecule has 2 fully saturated rings. The van der Waals surface area contributed by atoms with Crippen LogP contribution < -0.4 is 0 Å². The number of piperidine rings is 1. The van der Waals surface area contributed by atoms with Gasteiger partial charge in [-0.15, -0.1) is 0 Å². The van der Waals surface area contributed by atoms with Gasteiger partial charge in [0.25, 0.3) is 5.91 Å². The summed E-state index contributed by atoms with van der Waals surface area (Å²) in [6.07, 6.45) is -3.14. The third-order valence-corrected chi connectivity index (χ3v) is 8.18. The molecule has 6 nitrogen and oxygen atoms in total. The van der Waals surface area contributed by atoms with Gasteiger partial charge < -0.3 is 9.80 Å². The van der Waals surface area contributed by atoms with Gasteiger partial charge in [0.05, 0.1) is 16.6 Å². The van der Waals surface area contributed by atoms with Gasteiger partial charge in [-0.2, -0.15) is 13.2 Å². The second kappa shape index (κ2) is 8.56. The van der Waals surface area contributed by atoms with E-state index < -0.39 is 26.8 Å². The number of hydrogen-bond acceptors (Lipinski definition) is 4. The number of carbonyl (C=O) groups excluding carboxylic acids is 2. The summed E-state index contributed by atoms with van der Waals surface area (Å²) in [6, 6.07) is 4.11. The molecular formula is C20H25F3N2O4S. The van der Waals surface area contributed by atoms with E-state index in [-0.39, 0.29) is 35.6 Å². The topological polar surface area (TPSA) is 74.8 Å². The van der Waals surface area contributed by atoms with Crippen LogP contribution in [0.2, 0.25) is 0 Å². The maximum absolute atomic E-state index is 12.8. The SMILES string of the molecule is CC1CCN(C(=O)C2CCN(C(=O)c3ccc(C(F)(F)F)cc3)CC2)CCS1(=O)=O. The second-order valence-electron chi connectivity index (χ2n) is 7.93. The Morgan fingerprint density at radius 3 is 2.07 bits per heavy atom. The first kappa shape index (κ1) is 22.6. The number of rotatable bonds is 2. The molecule has 1 aromatic carbocycles. The minimum Gasteiger partial charge on any atom is -0.341 e. The van der Waals surface area contributed by atoms with Gasteiger partial charge in [-0.25, -0.2) is 8.42 Å². The Bertz CT molecular complexity index is 892. The van der Waals surface area contributed by atoms with E-state index in [0.717, 1.165) is 12.1 Å². The molecule has 166 valence electrons. The van der Waals surface area contributed by atoms with Crippen LogP contribution in [0.4, 0.5) is 13.2 Å². The zero-order valence-electron chi connectivity index (χ0n) is 16.7. The van der Waals surface area contributed by atoms with Crippen molar-refractivity contribution in [1.29, 1.82) is 0 Å². The zero-order valence-corrected chi connectivity index (χ0v) is 17.5. The number of carbonyl (C=O) groups is 2. The highest BCUT2D eigenvalue weighted by Crippen LogP contribution is 2.29. The maximum atomic E-state index is 12.8. The molecular weight excluding hydrogens is 421 g/mol. The summed E-state index contributed by atoms with van der Waals surface area (Å²) >= 11 is 0. The lowest BCUT2D eigenvalue weighted by atomic mass is 9.94. The molecule has 2 heterocycles. The molecule has 0 spiro atoms. The number of amides is 2. The lowest BCUT2D eigenvalue weighted by molar-refractivity contribution is -0.138. The first-order chi connectivity index (χ1) is 14.0. The van der Waals surface area contributed by atoms with Crippen LogP contribution in [0.5, 0.6) is 0 Å². The van der Waals surface area contributed by atoms with Gasteiger partial charge in [0.2, 0.25) is 5.91 Å². The average Bonchev–Trinajstić information content (AvgIpc) is 2.85. The Kier molecular flexibility index (Phi) is 6.45. The lowest BCUT2D eigenvalue weighted by Gasteiger charge is -2.34. The van der Waals surface area contributed by atoms with Crippen LogP contribution in [0, 0.1) is 5.92 Å². The van der Waals surface area contributed by atoms with Crippen LogP contribution in [-0.2, 0) is 20.8 Å². The van der Waals surface area contributed by atoms with Gasteiger partial charge in [-0.3, -0.25) is 9.59 Å². The smallest absolute Gasteiger partial charge is 0.341 e. The van der Waals surface area contributed by atoms with Gasteiger partial charge in [0.15, 0.2) is 9.84 Å². The van der Waals surface area contributed by atoms with Gasteiger partial charge in [0, 0.05) is 37.7 Å². The first-order valence-corrected chi connectivity index (χ1v) is 11.7. The molecule has 2 amide bonds. The summed E-state index contributed by atoms with van der Waals surface area (Å²) in [5, 5.41) is -0.460. The van der Waals surface area contributed by atoms with Gasteiger partial charge in [-0.1, -0.05) is 0 Å². The van der Waals surface area contributed by atoms with Crippen molar-refractivity contribution in [3.63, 3.8) is 0 Å². The van der Waals surface area contributed by atoms with Crippen LogP contribution in [0.15, 0.2) is 24.3 Å². The minimum absolute atomic E-state index is 0.0365. The van der Waals surface area contributed by atoms with Crippen molar-refractivity contribution in [2.75, 3.05) is 31.9 Å². The van der Waals surface area contributed by atoms with E-state index in [2.05, 4.69) is 0 Å². The van der Waals surface area contributed by atoms with E-state index in [1.54, 1.807) is 16.7 Å². The highest BCUT2D eigenvalue weighted by molar-refractivity contribution is 7.92. The van der Waals surface area contributed by atoms with E-state index in [0.29, 0.717) is 38.9 Å². The van der Waals surface area contributed by atoms with Crippen molar-refractivity contribution >= 4 is 21.7 Å². The molecule has 0 radical (unpaired) electrons. The monoisotopic (exact) mass is 446 g/mol. The Balaban J connectivity index is 1.56. The van der Waals surface area contributed by atoms with Crippen LogP contribution in [0.1, 0.15) is 42.1 Å². The molecule has 30 heavy (non-hydrogen) atoms. The molecule has 2 aliphatic heterocycles. The normalized spacial score (nSPS) is 23.1. The Hall–Kier alpha value is -2.10. The van der Waals surface area contributed by atoms with Gasteiger partial charge in [-0.05, 0) is 50.5 Å². The quantitative estimate of drug-likeness (QED) is 0.700. The van der Waals surface area contributed by atoms with E-state index >= 15 is 0 Å². The van der Waals surface area contributed by atoms with E-state index in [1.807, 2.05) is 0 Å². The van der Waals surface area contributed by atoms with Crippen LogP contribution in [-0.4, -0.2) is 67.2 Å². The van der Waals surface area contributed by atoms with Crippen LogP contribution >= 0.6 is 0 Å². The number of likely N-dealkylation sites (tertiary alicyclic amines) is 1. The number of nitrogens with zero attached hydrogens (tertiary/aromatic N) is 2. The Morgan fingerprint density at radius 2 is 1.50 bits per heavy atom. The summed E-state index contributed by atoms with van der Waals surface area (Å²) in [4.78, 5) is 28.6. The van der Waals surface area contributed by atoms with Crippen LogP contribution in [0.25, 0.3) is 0 Å². The fraction of sp³-hybridized carbons (Fsp3) is 0.600. The molecule has 1 unspecified atom stereocenters. The predicted octanol–water partition coefficient (Wildman–Crippen LogP) is 2.59. The summed E-state index contributed by atoms with van der Waals surface area (Å²) in [5.41, 5.74) is -0.628. The zero-order chi connectivity index (χ0) is 22.1. The first-order valence-electron chi connectivity index (χ1n) is 9.96. The maximum Gasteiger partial charge on any atom is 0.416 e. The highest BCUT2D eigenvalue weighted by atomic mass is 32.2. The Labute approximate surface area is 173 Å². The molecule has 0 saturated carbocycles. The van der Waals surface area contributed by atoms with Crippen molar-refractivity contribution in [3.05, 3.63) is 35.4 Å². The van der Waals surface area contributed by atoms with Gasteiger partial charge in [0.1, 0.15) is 0 Å². The van der Waals surface area contributed by atoms with Crippen molar-refractivity contribution < 1.29 is 31.2 Å². The number of hydrogen-bond donors (Lipinski definition) is 0. The molecule has 0 aliphatic carbocycles. The largest absolute Gasteiger partial charge is 0.416 e. The summed E-state index contributed by atoms with van der Waals surface area (Å²) < 4.78 is 62.1. The lowest BCUT2D eigenvalue weighted by Crippen LogP contribution is -2.45. The fourth-order valence-electron chi connectivity index (χ4n) is 3.86. The number of halogens is 3. The van der Waals surface area contributed by atoms with Crippen molar-refractivity contribution in [2.24, 2.45) is 5.92 Å². The second-order valence-corrected chi connectivity index (χ2v) is 10.5. The number of sulfone groups is 1. The Morgan fingerprint density at radius 1 is 0.933 bits per heavy atom. The van der Waals surface area contributed by atoms with Gasteiger partial charge >= 0.3 is 6.18 Å². The molecule has 1 atom stereocenters. The fourth-order valence-corrected chi connectivity index (χ4v) is 5.20. The summed E-state index contributed by atoms with van der Waals surface area (Å²) in [6.45, 7) is 2.92. The number of benzene rings is 1. The number of alkyl halides is 3. The molecule has 3 rings (SSSR count). The third-order valence-electron chi connectivity index (χ3n) is 5.97. The van der Waals surface area contributed by atoms with Crippen molar-refractivity contribution in [3.8, 4) is 0 Å². The molecule has 1 aromatic rings. The summed E-state index contributed by atoms with van der Waals surface area (Å²) in [7, 11) is -3.18. The average molecular weight is 446 g/mol. The molecule has 2 saturated heterocycles. The van der Waals surface area contributed by atoms with E-state index in [9.17, 15) is 31.2 Å². The predicted molar refractivity (Wildman–Crippen MR) is 105 cm³/mol. The molecule has 0 bridgehead atoms. The minimum atomic E-state index is -4.45. The van der Waals surface area contributed by atoms with E-state index in [1.165, 1.54) is 12.1 Å². The van der Waals surface area contributed by atoms with Crippen LogP contribution in [0.3, 0.4) is 0 Å². The molecule has 10 heteroatoms. The van der Waals surface area contributed by atoms with Crippen molar-refractivity contribution in [2.45, 2.75) is 37.6 Å². The summed E-state index contributed by atoms with van der Waals surface area (Å²) in [5.74, 6) is -0.756. The molecule has 0 aromatic heterocycles. The molecule has 0 N–H and O–H groups in total. The molecule has 2 aliphatic rings. The highest BCUT2D eigenvalue weighted by Gasteiger charge is 2.34. The standard InChI is InChI=1S/C20H25F3N2O4S/c1-14-6-9-25(12-13-30(14,28)29)19(27)16-7-10-24(11-8-16)18(26)15-2-4-17(5-3-15)20(21,22)23/h2-5,14,16H,6-13H2,1H3. The van der Waals surface area contributed by atoms with Crippen molar-refractivity contribution in [1.82, 2.24) is 9.80 Å². The third kappa shape index (κ3) is 4.96. The van der Waals surface area contributed by atoms with E-state index in [4.69, 9.17) is 0 Å².